The van der Waals surface area contributed by atoms with Crippen molar-refractivity contribution in [1.82, 2.24) is 0 Å². The summed E-state index contributed by atoms with van der Waals surface area (Å²) in [6.45, 7) is 3.89. The Kier molecular flexibility index (Phi) is 10.6. The quantitative estimate of drug-likeness (QED) is 0.0546. The van der Waals surface area contributed by atoms with E-state index >= 15 is 0 Å². The molecule has 4 aromatic rings. The topological polar surface area (TPSA) is 127 Å². The SMILES string of the molecule is CCCCCCCOC(=O)c1c(C(=O)c2ccccc2)c(O)c(O)c(OC(=O)c2ccccc2)c1C(=O)c1ccc(C)cc1. The van der Waals surface area contributed by atoms with Crippen LogP contribution in [-0.2, 0) is 4.74 Å². The van der Waals surface area contributed by atoms with Gasteiger partial charge in [0.25, 0.3) is 0 Å². The summed E-state index contributed by atoms with van der Waals surface area (Å²) >= 11 is 0. The number of hydrogen-bond acceptors (Lipinski definition) is 8. The Bertz CT molecular complexity index is 1640. The summed E-state index contributed by atoms with van der Waals surface area (Å²) in [5.41, 5.74) is -0.718. The lowest BCUT2D eigenvalue weighted by molar-refractivity contribution is 0.0489. The van der Waals surface area contributed by atoms with Gasteiger partial charge in [-0.3, -0.25) is 9.59 Å². The number of esters is 2. The fourth-order valence-corrected chi connectivity index (χ4v) is 4.69. The minimum atomic E-state index is -1.08. The van der Waals surface area contributed by atoms with Crippen LogP contribution in [0.1, 0.15) is 97.2 Å². The zero-order chi connectivity index (χ0) is 31.6. The summed E-state index contributed by atoms with van der Waals surface area (Å²) in [7, 11) is 0. The van der Waals surface area contributed by atoms with Gasteiger partial charge in [0.05, 0.1) is 28.9 Å². The number of ether oxygens (including phenoxy) is 2. The second-order valence-electron chi connectivity index (χ2n) is 10.3. The highest BCUT2D eigenvalue weighted by Crippen LogP contribution is 2.46. The Morgan fingerprint density at radius 3 is 1.75 bits per heavy atom. The van der Waals surface area contributed by atoms with Gasteiger partial charge in [0.15, 0.2) is 23.1 Å². The molecule has 0 unspecified atom stereocenters. The Hall–Kier alpha value is -5.24. The van der Waals surface area contributed by atoms with Crippen LogP contribution < -0.4 is 4.74 Å². The Balaban J connectivity index is 1.94. The number of phenols is 2. The van der Waals surface area contributed by atoms with Crippen LogP contribution in [0.15, 0.2) is 84.9 Å². The maximum absolute atomic E-state index is 14.1. The summed E-state index contributed by atoms with van der Waals surface area (Å²) in [6, 6.07) is 21.9. The van der Waals surface area contributed by atoms with E-state index in [1.807, 2.05) is 6.92 Å². The molecule has 8 nitrogen and oxygen atoms in total. The Morgan fingerprint density at radius 1 is 0.591 bits per heavy atom. The van der Waals surface area contributed by atoms with Crippen LogP contribution in [0, 0.1) is 6.92 Å². The molecule has 0 saturated heterocycles. The number of carbonyl (C=O) groups excluding carboxylic acids is 4. The van der Waals surface area contributed by atoms with Crippen LogP contribution in [0.5, 0.6) is 17.2 Å². The number of carbonyl (C=O) groups is 4. The summed E-state index contributed by atoms with van der Waals surface area (Å²) in [4.78, 5) is 54.9. The number of phenolic OH excluding ortho intramolecular Hbond substituents is 2. The second kappa shape index (κ2) is 14.8. The molecule has 0 heterocycles. The predicted octanol–water partition coefficient (Wildman–Crippen LogP) is 7.21. The van der Waals surface area contributed by atoms with E-state index < -0.39 is 57.4 Å². The molecule has 0 aliphatic carbocycles. The van der Waals surface area contributed by atoms with Crippen molar-refractivity contribution in [3.05, 3.63) is 124 Å². The molecule has 44 heavy (non-hydrogen) atoms. The molecule has 8 heteroatoms. The lowest BCUT2D eigenvalue weighted by Gasteiger charge is -2.20. The van der Waals surface area contributed by atoms with Crippen molar-refractivity contribution in [1.29, 1.82) is 0 Å². The minimum Gasteiger partial charge on any atom is -0.504 e. The smallest absolute Gasteiger partial charge is 0.343 e. The number of aromatic hydroxyl groups is 2. The molecule has 0 aromatic heterocycles. The van der Waals surface area contributed by atoms with Gasteiger partial charge < -0.3 is 19.7 Å². The lowest BCUT2D eigenvalue weighted by Crippen LogP contribution is -2.22. The van der Waals surface area contributed by atoms with Crippen LogP contribution >= 0.6 is 0 Å². The normalized spacial score (nSPS) is 10.7. The number of unbranched alkanes of at least 4 members (excludes halogenated alkanes) is 4. The fraction of sp³-hybridized carbons (Fsp3) is 0.222. The van der Waals surface area contributed by atoms with Crippen LogP contribution in [0.4, 0.5) is 0 Å². The van der Waals surface area contributed by atoms with Crippen LogP contribution in [0.2, 0.25) is 0 Å². The zero-order valence-electron chi connectivity index (χ0n) is 24.7. The molecule has 4 rings (SSSR count). The van der Waals surface area contributed by atoms with Gasteiger partial charge in [0.2, 0.25) is 5.75 Å². The summed E-state index contributed by atoms with van der Waals surface area (Å²) in [6.07, 6.45) is 4.34. The molecule has 226 valence electrons. The average Bonchev–Trinajstić information content (AvgIpc) is 3.05. The van der Waals surface area contributed by atoms with Gasteiger partial charge in [-0.05, 0) is 25.5 Å². The van der Waals surface area contributed by atoms with Crippen LogP contribution in [0.25, 0.3) is 0 Å². The molecule has 0 fully saturated rings. The van der Waals surface area contributed by atoms with Gasteiger partial charge in [0.1, 0.15) is 0 Å². The van der Waals surface area contributed by atoms with E-state index in [1.165, 1.54) is 36.4 Å². The van der Waals surface area contributed by atoms with E-state index in [0.717, 1.165) is 31.2 Å². The van der Waals surface area contributed by atoms with Gasteiger partial charge in [-0.1, -0.05) is 111 Å². The van der Waals surface area contributed by atoms with Crippen molar-refractivity contribution >= 4 is 23.5 Å². The molecular formula is C36H34O8. The summed E-state index contributed by atoms with van der Waals surface area (Å²) in [5, 5.41) is 22.4. The molecule has 0 aliphatic heterocycles. The molecular weight excluding hydrogens is 560 g/mol. The van der Waals surface area contributed by atoms with Crippen LogP contribution in [-0.4, -0.2) is 40.3 Å². The van der Waals surface area contributed by atoms with Crippen molar-refractivity contribution in [3.63, 3.8) is 0 Å². The van der Waals surface area contributed by atoms with Gasteiger partial charge in [0, 0.05) is 11.1 Å². The molecule has 2 N–H and O–H groups in total. The van der Waals surface area contributed by atoms with Gasteiger partial charge >= 0.3 is 11.9 Å². The molecule has 4 aromatic carbocycles. The minimum absolute atomic E-state index is 0.0134. The Morgan fingerprint density at radius 2 is 1.14 bits per heavy atom. The predicted molar refractivity (Wildman–Crippen MR) is 165 cm³/mol. The number of ketones is 2. The fourth-order valence-electron chi connectivity index (χ4n) is 4.69. The first-order chi connectivity index (χ1) is 21.2. The van der Waals surface area contributed by atoms with Crippen molar-refractivity contribution in [3.8, 4) is 17.2 Å². The third-order valence-electron chi connectivity index (χ3n) is 7.10. The second-order valence-corrected chi connectivity index (χ2v) is 10.3. The number of hydrogen-bond donors (Lipinski definition) is 2. The van der Waals surface area contributed by atoms with Crippen molar-refractivity contribution < 1.29 is 38.9 Å². The van der Waals surface area contributed by atoms with E-state index in [4.69, 9.17) is 9.47 Å². The molecule has 0 saturated carbocycles. The highest BCUT2D eigenvalue weighted by Gasteiger charge is 2.37. The largest absolute Gasteiger partial charge is 0.504 e. The van der Waals surface area contributed by atoms with Crippen LogP contribution in [0.3, 0.4) is 0 Å². The molecule has 0 atom stereocenters. The molecule has 0 bridgehead atoms. The van der Waals surface area contributed by atoms with E-state index in [1.54, 1.807) is 48.5 Å². The average molecular weight is 595 g/mol. The summed E-state index contributed by atoms with van der Waals surface area (Å²) < 4.78 is 11.1. The third kappa shape index (κ3) is 7.21. The first kappa shape index (κ1) is 31.7. The molecule has 0 amide bonds. The highest BCUT2D eigenvalue weighted by atomic mass is 16.5. The lowest BCUT2D eigenvalue weighted by atomic mass is 9.88. The maximum Gasteiger partial charge on any atom is 0.343 e. The van der Waals surface area contributed by atoms with Gasteiger partial charge in [-0.15, -0.1) is 0 Å². The molecule has 0 aliphatic rings. The number of rotatable bonds is 13. The monoisotopic (exact) mass is 594 g/mol. The summed E-state index contributed by atoms with van der Waals surface area (Å²) in [5.74, 6) is -6.54. The Labute approximate surface area is 255 Å². The maximum atomic E-state index is 14.1. The molecule has 0 radical (unpaired) electrons. The van der Waals surface area contributed by atoms with Gasteiger partial charge in [-0.25, -0.2) is 9.59 Å². The van der Waals surface area contributed by atoms with Gasteiger partial charge in [-0.2, -0.15) is 0 Å². The van der Waals surface area contributed by atoms with Crippen molar-refractivity contribution in [2.75, 3.05) is 6.61 Å². The van der Waals surface area contributed by atoms with E-state index in [-0.39, 0.29) is 23.3 Å². The third-order valence-corrected chi connectivity index (χ3v) is 7.10. The molecule has 0 spiro atoms. The standard InChI is InChI=1S/C36H34O8/c1-3-4-5-6-13-22-43-36(42)27-28(30(37)24-14-9-7-10-15-24)32(39)33(40)34(44-35(41)26-16-11-8-12-17-26)29(27)31(38)25-20-18-23(2)19-21-25/h7-12,14-21,39-40H,3-6,13,22H2,1-2H3. The van der Waals surface area contributed by atoms with Crippen molar-refractivity contribution in [2.45, 2.75) is 46.0 Å². The van der Waals surface area contributed by atoms with E-state index in [2.05, 4.69) is 6.92 Å². The van der Waals surface area contributed by atoms with E-state index in [9.17, 15) is 29.4 Å². The first-order valence-corrected chi connectivity index (χ1v) is 14.5. The number of benzene rings is 4. The van der Waals surface area contributed by atoms with Crippen molar-refractivity contribution in [2.24, 2.45) is 0 Å². The number of aryl methyl sites for hydroxylation is 1. The zero-order valence-corrected chi connectivity index (χ0v) is 24.7. The highest BCUT2D eigenvalue weighted by molar-refractivity contribution is 6.24. The first-order valence-electron chi connectivity index (χ1n) is 14.5. The van der Waals surface area contributed by atoms with E-state index in [0.29, 0.717) is 6.42 Å².